The largest absolute Gasteiger partial charge is 0.333 e. The Bertz CT molecular complexity index is 530. The second kappa shape index (κ2) is 4.46. The van der Waals surface area contributed by atoms with Crippen molar-refractivity contribution in [1.29, 1.82) is 0 Å². The molecule has 0 spiro atoms. The summed E-state index contributed by atoms with van der Waals surface area (Å²) in [4.78, 5) is 5.30. The van der Waals surface area contributed by atoms with Gasteiger partial charge in [-0.05, 0) is 56.7 Å². The lowest BCUT2D eigenvalue weighted by Gasteiger charge is -2.01. The molecule has 0 saturated heterocycles. The zero-order valence-electron chi connectivity index (χ0n) is 8.69. The van der Waals surface area contributed by atoms with E-state index >= 15 is 0 Å². The number of hydrogen-bond acceptors (Lipinski definition) is 5. The Kier molecular flexibility index (Phi) is 3.10. The summed E-state index contributed by atoms with van der Waals surface area (Å²) in [6, 6.07) is 1.87. The van der Waals surface area contributed by atoms with Crippen LogP contribution in [0.25, 0.3) is 10.8 Å². The van der Waals surface area contributed by atoms with Crippen LogP contribution in [-0.2, 0) is 0 Å². The molecule has 4 nitrogen and oxygen atoms in total. The molecule has 7 heteroatoms. The molecule has 1 fully saturated rings. The van der Waals surface area contributed by atoms with Crippen molar-refractivity contribution in [2.24, 2.45) is 11.7 Å². The van der Waals surface area contributed by atoms with Gasteiger partial charge in [-0.25, -0.2) is 0 Å². The van der Waals surface area contributed by atoms with Crippen molar-refractivity contribution in [1.82, 2.24) is 10.1 Å². The molecule has 0 amide bonds. The van der Waals surface area contributed by atoms with Crippen molar-refractivity contribution in [2.75, 3.05) is 0 Å². The zero-order chi connectivity index (χ0) is 12.0. The molecule has 1 aliphatic carbocycles. The van der Waals surface area contributed by atoms with Gasteiger partial charge in [0.2, 0.25) is 0 Å². The number of nitrogens with zero attached hydrogens (tertiary/aromatic N) is 2. The molecule has 2 aromatic heterocycles. The summed E-state index contributed by atoms with van der Waals surface area (Å²) in [6.45, 7) is 0. The number of rotatable bonds is 3. The van der Waals surface area contributed by atoms with Gasteiger partial charge in [0.15, 0.2) is 5.82 Å². The fourth-order valence-corrected chi connectivity index (χ4v) is 3.55. The lowest BCUT2D eigenvalue weighted by atomic mass is 10.2. The van der Waals surface area contributed by atoms with Crippen LogP contribution in [0.4, 0.5) is 0 Å². The Balaban J connectivity index is 1.88. The van der Waals surface area contributed by atoms with Gasteiger partial charge in [-0.1, -0.05) is 5.16 Å². The SMILES string of the molecule is NC(c1noc(-c2cc(Br)c(Br)s2)n1)C1CC1. The van der Waals surface area contributed by atoms with Gasteiger partial charge in [-0.2, -0.15) is 4.98 Å². The summed E-state index contributed by atoms with van der Waals surface area (Å²) in [5, 5.41) is 3.96. The Hall–Kier alpha value is -0.240. The van der Waals surface area contributed by atoms with E-state index < -0.39 is 0 Å². The first kappa shape index (κ1) is 11.8. The van der Waals surface area contributed by atoms with E-state index in [1.54, 1.807) is 11.3 Å². The standard InChI is InChI=1S/C10H9Br2N3OS/c11-5-3-6(17-8(5)12)10-14-9(15-16-10)7(13)4-1-2-4/h3-4,7H,1-2,13H2. The molecule has 17 heavy (non-hydrogen) atoms. The van der Waals surface area contributed by atoms with Crippen LogP contribution in [0.5, 0.6) is 0 Å². The molecule has 1 atom stereocenters. The fourth-order valence-electron chi connectivity index (χ4n) is 1.59. The Labute approximate surface area is 119 Å². The second-order valence-electron chi connectivity index (χ2n) is 4.05. The van der Waals surface area contributed by atoms with Gasteiger partial charge in [-0.15, -0.1) is 11.3 Å². The molecule has 1 aliphatic rings. The van der Waals surface area contributed by atoms with E-state index in [4.69, 9.17) is 10.3 Å². The third-order valence-corrected chi connectivity index (χ3v) is 5.97. The van der Waals surface area contributed by atoms with Crippen LogP contribution in [0, 0.1) is 5.92 Å². The highest BCUT2D eigenvalue weighted by Gasteiger charge is 2.32. The van der Waals surface area contributed by atoms with E-state index in [0.29, 0.717) is 17.6 Å². The van der Waals surface area contributed by atoms with Crippen molar-refractivity contribution in [2.45, 2.75) is 18.9 Å². The molecule has 2 N–H and O–H groups in total. The maximum absolute atomic E-state index is 6.03. The Morgan fingerprint density at radius 3 is 2.82 bits per heavy atom. The Morgan fingerprint density at radius 2 is 2.24 bits per heavy atom. The molecule has 1 saturated carbocycles. The molecular weight excluding hydrogens is 370 g/mol. The van der Waals surface area contributed by atoms with Crippen molar-refractivity contribution >= 4 is 43.2 Å². The predicted octanol–water partition coefficient (Wildman–Crippen LogP) is 3.73. The number of thiophene rings is 1. The average Bonchev–Trinajstić information content (AvgIpc) is 2.94. The van der Waals surface area contributed by atoms with Crippen LogP contribution in [0.3, 0.4) is 0 Å². The molecule has 0 aliphatic heterocycles. The maximum atomic E-state index is 6.03. The summed E-state index contributed by atoms with van der Waals surface area (Å²) in [5.41, 5.74) is 6.03. The third-order valence-electron chi connectivity index (χ3n) is 2.73. The molecule has 2 heterocycles. The quantitative estimate of drug-likeness (QED) is 0.883. The van der Waals surface area contributed by atoms with E-state index in [-0.39, 0.29) is 6.04 Å². The van der Waals surface area contributed by atoms with Crippen LogP contribution >= 0.6 is 43.2 Å². The molecule has 2 aromatic rings. The maximum Gasteiger partial charge on any atom is 0.268 e. The highest BCUT2D eigenvalue weighted by atomic mass is 79.9. The topological polar surface area (TPSA) is 64.9 Å². The van der Waals surface area contributed by atoms with E-state index in [1.807, 2.05) is 6.07 Å². The van der Waals surface area contributed by atoms with Gasteiger partial charge < -0.3 is 10.3 Å². The second-order valence-corrected chi connectivity index (χ2v) is 7.28. The molecule has 0 aromatic carbocycles. The van der Waals surface area contributed by atoms with Gasteiger partial charge in [0.1, 0.15) is 0 Å². The van der Waals surface area contributed by atoms with E-state index in [0.717, 1.165) is 13.1 Å². The fraction of sp³-hybridized carbons (Fsp3) is 0.400. The van der Waals surface area contributed by atoms with Crippen molar-refractivity contribution < 1.29 is 4.52 Å². The van der Waals surface area contributed by atoms with Crippen LogP contribution in [0.1, 0.15) is 24.7 Å². The lowest BCUT2D eigenvalue weighted by molar-refractivity contribution is 0.412. The molecule has 3 rings (SSSR count). The molecule has 90 valence electrons. The smallest absolute Gasteiger partial charge is 0.268 e. The normalized spacial score (nSPS) is 17.4. The van der Waals surface area contributed by atoms with Crippen LogP contribution < -0.4 is 5.73 Å². The minimum absolute atomic E-state index is 0.0839. The molecule has 1 unspecified atom stereocenters. The summed E-state index contributed by atoms with van der Waals surface area (Å²) >= 11 is 8.42. The van der Waals surface area contributed by atoms with Gasteiger partial charge in [0, 0.05) is 4.47 Å². The zero-order valence-corrected chi connectivity index (χ0v) is 12.7. The van der Waals surface area contributed by atoms with Gasteiger partial charge >= 0.3 is 0 Å². The molecule has 0 radical (unpaired) electrons. The summed E-state index contributed by atoms with van der Waals surface area (Å²) < 4.78 is 7.25. The van der Waals surface area contributed by atoms with Crippen molar-refractivity contribution in [3.8, 4) is 10.8 Å². The summed E-state index contributed by atoms with van der Waals surface area (Å²) in [5.74, 6) is 1.68. The van der Waals surface area contributed by atoms with E-state index in [2.05, 4.69) is 42.0 Å². The minimum atomic E-state index is -0.0839. The van der Waals surface area contributed by atoms with Gasteiger partial charge in [0.05, 0.1) is 14.7 Å². The van der Waals surface area contributed by atoms with Crippen molar-refractivity contribution in [3.63, 3.8) is 0 Å². The van der Waals surface area contributed by atoms with Crippen LogP contribution in [-0.4, -0.2) is 10.1 Å². The highest BCUT2D eigenvalue weighted by Crippen LogP contribution is 2.40. The first-order chi connectivity index (χ1) is 8.15. The van der Waals surface area contributed by atoms with Crippen LogP contribution in [0.15, 0.2) is 18.8 Å². The average molecular weight is 379 g/mol. The lowest BCUT2D eigenvalue weighted by Crippen LogP contribution is -2.13. The van der Waals surface area contributed by atoms with Crippen LogP contribution in [0.2, 0.25) is 0 Å². The van der Waals surface area contributed by atoms with E-state index in [9.17, 15) is 0 Å². The van der Waals surface area contributed by atoms with Gasteiger partial charge in [0.25, 0.3) is 5.89 Å². The third kappa shape index (κ3) is 2.33. The minimum Gasteiger partial charge on any atom is -0.333 e. The predicted molar refractivity (Wildman–Crippen MR) is 72.7 cm³/mol. The highest BCUT2D eigenvalue weighted by molar-refractivity contribution is 9.13. The number of halogens is 2. The van der Waals surface area contributed by atoms with E-state index in [1.165, 1.54) is 12.8 Å². The summed E-state index contributed by atoms with van der Waals surface area (Å²) in [7, 11) is 0. The number of hydrogen-bond donors (Lipinski definition) is 1. The Morgan fingerprint density at radius 1 is 1.47 bits per heavy atom. The first-order valence-corrected chi connectivity index (χ1v) is 7.60. The monoisotopic (exact) mass is 377 g/mol. The van der Waals surface area contributed by atoms with Crippen molar-refractivity contribution in [3.05, 3.63) is 20.1 Å². The number of nitrogens with two attached hydrogens (primary N) is 1. The molecule has 0 bridgehead atoms. The van der Waals surface area contributed by atoms with Gasteiger partial charge in [-0.3, -0.25) is 0 Å². The molecular formula is C10H9Br2N3OS. The first-order valence-electron chi connectivity index (χ1n) is 5.19. The summed E-state index contributed by atoms with van der Waals surface area (Å²) in [6.07, 6.45) is 2.34. The number of aromatic nitrogens is 2.